The quantitative estimate of drug-likeness (QED) is 0.617. The third kappa shape index (κ3) is 4.88. The van der Waals surface area contributed by atoms with E-state index in [1.54, 1.807) is 31.2 Å². The number of rotatable bonds is 6. The lowest BCUT2D eigenvalue weighted by molar-refractivity contribution is -0.119. The number of anilines is 1. The van der Waals surface area contributed by atoms with Gasteiger partial charge in [0.15, 0.2) is 22.1 Å². The molecule has 0 aliphatic heterocycles. The molecule has 0 saturated heterocycles. The number of nitrogens with one attached hydrogen (secondary N) is 1. The normalized spacial score (nSPS) is 11.1. The van der Waals surface area contributed by atoms with Crippen molar-refractivity contribution in [2.24, 2.45) is 0 Å². The fraction of sp³-hybridized carbons (Fsp3) is 0.150. The summed E-state index contributed by atoms with van der Waals surface area (Å²) in [5, 5.41) is 2.43. The second-order valence-corrected chi connectivity index (χ2v) is 8.17. The Labute approximate surface area is 167 Å². The highest BCUT2D eigenvalue weighted by Crippen LogP contribution is 2.22. The van der Waals surface area contributed by atoms with Crippen molar-refractivity contribution in [1.29, 1.82) is 0 Å². The maximum absolute atomic E-state index is 12.3. The number of esters is 1. The predicted octanol–water partition coefficient (Wildman–Crippen LogP) is 2.85. The van der Waals surface area contributed by atoms with Crippen LogP contribution in [-0.4, -0.2) is 38.1 Å². The van der Waals surface area contributed by atoms with E-state index in [0.29, 0.717) is 5.56 Å². The van der Waals surface area contributed by atoms with Gasteiger partial charge in [-0.1, -0.05) is 30.3 Å². The number of aryl methyl sites for hydroxylation is 1. The van der Waals surface area contributed by atoms with Crippen LogP contribution in [0.4, 0.5) is 5.69 Å². The number of benzene rings is 2. The fourth-order valence-electron chi connectivity index (χ4n) is 2.57. The van der Waals surface area contributed by atoms with E-state index in [-0.39, 0.29) is 27.9 Å². The van der Waals surface area contributed by atoms with Crippen molar-refractivity contribution in [2.75, 3.05) is 18.2 Å². The van der Waals surface area contributed by atoms with Crippen molar-refractivity contribution in [2.45, 2.75) is 11.8 Å². The molecule has 0 bridgehead atoms. The molecule has 150 valence electrons. The first-order chi connectivity index (χ1) is 13.8. The molecule has 0 aliphatic carbocycles. The SMILES string of the molecule is Cc1oc(-c2ccccc2)nc1C(=O)OCC(=O)Nc1ccccc1S(C)(=O)=O. The molecule has 1 N–H and O–H groups in total. The summed E-state index contributed by atoms with van der Waals surface area (Å²) in [6, 6.07) is 15.0. The number of aromatic nitrogens is 1. The van der Waals surface area contributed by atoms with Crippen LogP contribution in [0.2, 0.25) is 0 Å². The Morgan fingerprint density at radius 2 is 1.72 bits per heavy atom. The molecule has 1 heterocycles. The van der Waals surface area contributed by atoms with E-state index in [2.05, 4.69) is 10.3 Å². The van der Waals surface area contributed by atoms with Crippen molar-refractivity contribution in [3.8, 4) is 11.5 Å². The number of para-hydroxylation sites is 1. The van der Waals surface area contributed by atoms with Crippen molar-refractivity contribution >= 4 is 27.4 Å². The third-order valence-corrected chi connectivity index (χ3v) is 5.06. The third-order valence-electron chi connectivity index (χ3n) is 3.91. The standard InChI is InChI=1S/C20H18N2O6S/c1-13-18(22-19(28-13)14-8-4-3-5-9-14)20(24)27-12-17(23)21-15-10-6-7-11-16(15)29(2,25)26/h3-11H,12H2,1-2H3,(H,21,23). The van der Waals surface area contributed by atoms with Crippen LogP contribution in [0.5, 0.6) is 0 Å². The van der Waals surface area contributed by atoms with Crippen molar-refractivity contribution in [3.05, 3.63) is 66.1 Å². The van der Waals surface area contributed by atoms with E-state index >= 15 is 0 Å². The molecule has 0 spiro atoms. The summed E-state index contributed by atoms with van der Waals surface area (Å²) in [5.74, 6) is -0.975. The molecule has 9 heteroatoms. The number of carbonyl (C=O) groups excluding carboxylic acids is 2. The van der Waals surface area contributed by atoms with E-state index < -0.39 is 28.3 Å². The molecule has 1 amide bonds. The van der Waals surface area contributed by atoms with Gasteiger partial charge >= 0.3 is 5.97 Å². The summed E-state index contributed by atoms with van der Waals surface area (Å²) in [6.45, 7) is 0.961. The summed E-state index contributed by atoms with van der Waals surface area (Å²) in [4.78, 5) is 28.5. The molecule has 2 aromatic carbocycles. The first-order valence-electron chi connectivity index (χ1n) is 8.54. The number of amides is 1. The molecule has 1 aromatic heterocycles. The molecule has 0 radical (unpaired) electrons. The number of carbonyl (C=O) groups is 2. The first kappa shape index (κ1) is 20.3. The lowest BCUT2D eigenvalue weighted by atomic mass is 10.2. The van der Waals surface area contributed by atoms with Crippen molar-refractivity contribution < 1.29 is 27.2 Å². The molecule has 3 aromatic rings. The molecule has 0 aliphatic rings. The molecule has 0 atom stereocenters. The zero-order chi connectivity index (χ0) is 21.0. The molecule has 0 fully saturated rings. The number of nitrogens with zero attached hydrogens (tertiary/aromatic N) is 1. The molecule has 29 heavy (non-hydrogen) atoms. The van der Waals surface area contributed by atoms with E-state index in [1.807, 2.05) is 18.2 Å². The largest absolute Gasteiger partial charge is 0.451 e. The number of hydrogen-bond acceptors (Lipinski definition) is 7. The molecule has 8 nitrogen and oxygen atoms in total. The van der Waals surface area contributed by atoms with Gasteiger partial charge in [0.05, 0.1) is 10.6 Å². The van der Waals surface area contributed by atoms with Crippen LogP contribution < -0.4 is 5.32 Å². The second kappa shape index (κ2) is 8.27. The summed E-state index contributed by atoms with van der Waals surface area (Å²) in [5.41, 5.74) is 0.776. The van der Waals surface area contributed by atoms with Crippen LogP contribution in [0.3, 0.4) is 0 Å². The minimum atomic E-state index is -3.53. The van der Waals surface area contributed by atoms with Gasteiger partial charge in [-0.15, -0.1) is 0 Å². The topological polar surface area (TPSA) is 116 Å². The first-order valence-corrected chi connectivity index (χ1v) is 10.4. The summed E-state index contributed by atoms with van der Waals surface area (Å²) < 4.78 is 34.1. The van der Waals surface area contributed by atoms with E-state index in [4.69, 9.17) is 9.15 Å². The average molecular weight is 414 g/mol. The number of oxazole rings is 1. The zero-order valence-corrected chi connectivity index (χ0v) is 16.5. The Balaban J connectivity index is 1.66. The van der Waals surface area contributed by atoms with E-state index in [9.17, 15) is 18.0 Å². The van der Waals surface area contributed by atoms with Gasteiger partial charge in [-0.2, -0.15) is 0 Å². The van der Waals surface area contributed by atoms with Crippen LogP contribution >= 0.6 is 0 Å². The molecule has 0 unspecified atom stereocenters. The summed E-state index contributed by atoms with van der Waals surface area (Å²) >= 11 is 0. The van der Waals surface area contributed by atoms with Gasteiger partial charge < -0.3 is 14.5 Å². The minimum absolute atomic E-state index is 0.0282. The number of sulfone groups is 1. The van der Waals surface area contributed by atoms with Gasteiger partial charge in [0.25, 0.3) is 5.91 Å². The van der Waals surface area contributed by atoms with E-state index in [0.717, 1.165) is 6.26 Å². The van der Waals surface area contributed by atoms with Crippen LogP contribution in [0.25, 0.3) is 11.5 Å². The van der Waals surface area contributed by atoms with Gasteiger partial charge in [0.1, 0.15) is 5.76 Å². The Morgan fingerprint density at radius 3 is 2.41 bits per heavy atom. The van der Waals surface area contributed by atoms with Crippen LogP contribution in [-0.2, 0) is 19.4 Å². The number of ether oxygens (including phenoxy) is 1. The van der Waals surface area contributed by atoms with Gasteiger partial charge in [-0.3, -0.25) is 4.79 Å². The van der Waals surface area contributed by atoms with E-state index in [1.165, 1.54) is 12.1 Å². The number of hydrogen-bond donors (Lipinski definition) is 1. The molecule has 0 saturated carbocycles. The van der Waals surface area contributed by atoms with Crippen molar-refractivity contribution in [1.82, 2.24) is 4.98 Å². The zero-order valence-electron chi connectivity index (χ0n) is 15.7. The van der Waals surface area contributed by atoms with Crippen LogP contribution in [0.1, 0.15) is 16.2 Å². The fourth-order valence-corrected chi connectivity index (χ4v) is 3.41. The van der Waals surface area contributed by atoms with Gasteiger partial charge in [-0.25, -0.2) is 18.2 Å². The summed E-state index contributed by atoms with van der Waals surface area (Å²) in [7, 11) is -3.53. The monoisotopic (exact) mass is 414 g/mol. The average Bonchev–Trinajstić information content (AvgIpc) is 3.08. The summed E-state index contributed by atoms with van der Waals surface area (Å²) in [6.07, 6.45) is 1.04. The maximum atomic E-state index is 12.3. The Morgan fingerprint density at radius 1 is 1.07 bits per heavy atom. The predicted molar refractivity (Wildman–Crippen MR) is 105 cm³/mol. The molecule has 3 rings (SSSR count). The highest BCUT2D eigenvalue weighted by molar-refractivity contribution is 7.90. The van der Waals surface area contributed by atoms with Crippen molar-refractivity contribution in [3.63, 3.8) is 0 Å². The molecular formula is C20H18N2O6S. The van der Waals surface area contributed by atoms with Gasteiger partial charge in [0.2, 0.25) is 5.89 Å². The second-order valence-electron chi connectivity index (χ2n) is 6.18. The minimum Gasteiger partial charge on any atom is -0.451 e. The maximum Gasteiger partial charge on any atom is 0.361 e. The lowest BCUT2D eigenvalue weighted by Gasteiger charge is -2.09. The highest BCUT2D eigenvalue weighted by atomic mass is 32.2. The lowest BCUT2D eigenvalue weighted by Crippen LogP contribution is -2.22. The highest BCUT2D eigenvalue weighted by Gasteiger charge is 2.21. The van der Waals surface area contributed by atoms with Gasteiger partial charge in [-0.05, 0) is 31.2 Å². The smallest absolute Gasteiger partial charge is 0.361 e. The van der Waals surface area contributed by atoms with Crippen LogP contribution in [0.15, 0.2) is 63.9 Å². The Kier molecular flexibility index (Phi) is 5.79. The molecular weight excluding hydrogens is 396 g/mol. The van der Waals surface area contributed by atoms with Crippen LogP contribution in [0, 0.1) is 6.92 Å². The Hall–Kier alpha value is -3.46. The van der Waals surface area contributed by atoms with Gasteiger partial charge in [0, 0.05) is 11.8 Å². The Bertz CT molecular complexity index is 1150.